The first-order chi connectivity index (χ1) is 15.1. The lowest BCUT2D eigenvalue weighted by molar-refractivity contribution is -0.140. The average Bonchev–Trinajstić information content (AvgIpc) is 3.42. The number of oxazole rings is 1. The third kappa shape index (κ3) is 4.83. The van der Waals surface area contributed by atoms with Crippen LogP contribution >= 0.6 is 0 Å². The Kier molecular flexibility index (Phi) is 7.30. The van der Waals surface area contributed by atoms with Gasteiger partial charge in [-0.1, -0.05) is 33.8 Å². The molecule has 2 heterocycles. The van der Waals surface area contributed by atoms with Crippen molar-refractivity contribution in [3.05, 3.63) is 29.7 Å². The number of likely N-dealkylation sites (tertiary alicyclic amines) is 1. The van der Waals surface area contributed by atoms with Gasteiger partial charge in [0.2, 0.25) is 17.6 Å². The van der Waals surface area contributed by atoms with Crippen LogP contribution in [-0.2, 0) is 16.2 Å². The number of fused-ring (bicyclic) bond motifs is 1. The molecule has 9 nitrogen and oxygen atoms in total. The van der Waals surface area contributed by atoms with E-state index in [9.17, 15) is 19.5 Å². The van der Waals surface area contributed by atoms with E-state index in [4.69, 9.17) is 10.2 Å². The molecule has 3 atom stereocenters. The SMILES string of the molecule is CC(C)[C@H](N)C(=O)N1CCC[C@H]1C(=O)N[C@H](C(=O)c1nc2cc(CO)ccc2o1)C(C)C. The number of rotatable bonds is 8. The molecule has 4 N–H and O–H groups in total. The monoisotopic (exact) mass is 444 g/mol. The van der Waals surface area contributed by atoms with Gasteiger partial charge in [-0.05, 0) is 42.4 Å². The molecule has 1 aliphatic heterocycles. The second kappa shape index (κ2) is 9.79. The molecule has 1 aromatic heterocycles. The molecule has 2 aromatic rings. The van der Waals surface area contributed by atoms with Gasteiger partial charge in [-0.2, -0.15) is 0 Å². The normalized spacial score (nSPS) is 18.4. The Morgan fingerprint density at radius 3 is 2.59 bits per heavy atom. The van der Waals surface area contributed by atoms with Crippen LogP contribution in [0, 0.1) is 11.8 Å². The van der Waals surface area contributed by atoms with Crippen LogP contribution < -0.4 is 11.1 Å². The Bertz CT molecular complexity index is 999. The lowest BCUT2D eigenvalue weighted by Gasteiger charge is -2.29. The van der Waals surface area contributed by atoms with Crippen LogP contribution in [0.3, 0.4) is 0 Å². The molecule has 0 spiro atoms. The number of nitrogens with two attached hydrogens (primary N) is 1. The van der Waals surface area contributed by atoms with Gasteiger partial charge in [0.05, 0.1) is 18.7 Å². The first kappa shape index (κ1) is 23.9. The fraction of sp³-hybridized carbons (Fsp3) is 0.565. The number of benzene rings is 1. The molecule has 9 heteroatoms. The third-order valence-electron chi connectivity index (χ3n) is 5.93. The van der Waals surface area contributed by atoms with Crippen LogP contribution in [0.1, 0.15) is 56.8 Å². The summed E-state index contributed by atoms with van der Waals surface area (Å²) in [7, 11) is 0. The van der Waals surface area contributed by atoms with Gasteiger partial charge in [-0.15, -0.1) is 0 Å². The van der Waals surface area contributed by atoms with Crippen LogP contribution in [0.15, 0.2) is 22.6 Å². The molecule has 0 saturated carbocycles. The van der Waals surface area contributed by atoms with E-state index in [-0.39, 0.29) is 36.1 Å². The molecule has 1 aromatic carbocycles. The van der Waals surface area contributed by atoms with E-state index in [0.29, 0.717) is 36.0 Å². The van der Waals surface area contributed by atoms with Crippen molar-refractivity contribution in [2.45, 2.75) is 65.3 Å². The van der Waals surface area contributed by atoms with Gasteiger partial charge >= 0.3 is 0 Å². The van der Waals surface area contributed by atoms with Crippen LogP contribution in [0.5, 0.6) is 0 Å². The van der Waals surface area contributed by atoms with Gasteiger partial charge in [0.1, 0.15) is 11.6 Å². The minimum Gasteiger partial charge on any atom is -0.434 e. The topological polar surface area (TPSA) is 139 Å². The number of hydrogen-bond acceptors (Lipinski definition) is 7. The number of amides is 2. The fourth-order valence-corrected chi connectivity index (χ4v) is 3.87. The lowest BCUT2D eigenvalue weighted by Crippen LogP contribution is -2.55. The van der Waals surface area contributed by atoms with Crippen molar-refractivity contribution in [2.75, 3.05) is 6.54 Å². The van der Waals surface area contributed by atoms with Crippen molar-refractivity contribution in [1.82, 2.24) is 15.2 Å². The van der Waals surface area contributed by atoms with Gasteiger partial charge in [-0.25, -0.2) is 4.98 Å². The maximum Gasteiger partial charge on any atom is 0.266 e. The maximum absolute atomic E-state index is 13.2. The van der Waals surface area contributed by atoms with Crippen molar-refractivity contribution in [3.8, 4) is 0 Å². The second-order valence-corrected chi connectivity index (χ2v) is 9.03. The van der Waals surface area contributed by atoms with E-state index >= 15 is 0 Å². The van der Waals surface area contributed by atoms with E-state index in [1.54, 1.807) is 18.2 Å². The van der Waals surface area contributed by atoms with Gasteiger partial charge in [0.25, 0.3) is 5.89 Å². The third-order valence-corrected chi connectivity index (χ3v) is 5.93. The minimum absolute atomic E-state index is 0.0395. The summed E-state index contributed by atoms with van der Waals surface area (Å²) in [6.45, 7) is 7.70. The summed E-state index contributed by atoms with van der Waals surface area (Å²) in [5, 5.41) is 12.1. The molecule has 0 radical (unpaired) electrons. The number of carbonyl (C=O) groups is 3. The highest BCUT2D eigenvalue weighted by Crippen LogP contribution is 2.22. The Morgan fingerprint density at radius 1 is 1.25 bits per heavy atom. The van der Waals surface area contributed by atoms with E-state index in [1.165, 1.54) is 4.90 Å². The number of aromatic nitrogens is 1. The molecule has 174 valence electrons. The number of ketones is 1. The van der Waals surface area contributed by atoms with Crippen molar-refractivity contribution < 1.29 is 23.9 Å². The zero-order chi connectivity index (χ0) is 23.6. The van der Waals surface area contributed by atoms with Gasteiger partial charge < -0.3 is 25.5 Å². The Labute approximate surface area is 187 Å². The Morgan fingerprint density at radius 2 is 1.97 bits per heavy atom. The quantitative estimate of drug-likeness (QED) is 0.526. The summed E-state index contributed by atoms with van der Waals surface area (Å²) < 4.78 is 5.61. The number of carbonyl (C=O) groups excluding carboxylic acids is 3. The number of Topliss-reactive ketones (excluding diaryl/α,β-unsaturated/α-hetero) is 1. The summed E-state index contributed by atoms with van der Waals surface area (Å²) in [5.74, 6) is -1.43. The number of hydrogen-bond donors (Lipinski definition) is 3. The number of nitrogens with zero attached hydrogens (tertiary/aromatic N) is 2. The van der Waals surface area contributed by atoms with Crippen molar-refractivity contribution in [2.24, 2.45) is 17.6 Å². The first-order valence-electron chi connectivity index (χ1n) is 11.0. The van der Waals surface area contributed by atoms with Crippen LogP contribution in [-0.4, -0.2) is 57.3 Å². The van der Waals surface area contributed by atoms with E-state index in [1.807, 2.05) is 27.7 Å². The standard InChI is InChI=1S/C23H32N4O5/c1-12(2)18(24)23(31)27-9-5-6-16(27)21(30)26-19(13(3)4)20(29)22-25-15-10-14(11-28)7-8-17(15)32-22/h7-8,10,12-13,16,18-19,28H,5-6,9,11,24H2,1-4H3,(H,26,30)/t16-,18-,19-/m0/s1. The number of nitrogens with one attached hydrogen (secondary N) is 1. The number of aliphatic hydroxyl groups is 1. The first-order valence-corrected chi connectivity index (χ1v) is 11.0. The van der Waals surface area contributed by atoms with Crippen LogP contribution in [0.2, 0.25) is 0 Å². The van der Waals surface area contributed by atoms with Crippen LogP contribution in [0.4, 0.5) is 0 Å². The molecule has 1 aliphatic rings. The van der Waals surface area contributed by atoms with E-state index in [2.05, 4.69) is 10.3 Å². The van der Waals surface area contributed by atoms with Crippen molar-refractivity contribution in [3.63, 3.8) is 0 Å². The minimum atomic E-state index is -0.857. The van der Waals surface area contributed by atoms with Crippen molar-refractivity contribution in [1.29, 1.82) is 0 Å². The molecular weight excluding hydrogens is 412 g/mol. The fourth-order valence-electron chi connectivity index (χ4n) is 3.87. The molecule has 1 fully saturated rings. The molecule has 0 aliphatic carbocycles. The molecule has 3 rings (SSSR count). The summed E-state index contributed by atoms with van der Waals surface area (Å²) in [6, 6.07) is 2.80. The van der Waals surface area contributed by atoms with Gasteiger partial charge in [0.15, 0.2) is 5.58 Å². The predicted octanol–water partition coefficient (Wildman–Crippen LogP) is 1.62. The molecular formula is C23H32N4O5. The summed E-state index contributed by atoms with van der Waals surface area (Å²) in [4.78, 5) is 44.8. The molecule has 0 bridgehead atoms. The van der Waals surface area contributed by atoms with E-state index < -0.39 is 23.9 Å². The number of aliphatic hydroxyl groups excluding tert-OH is 1. The maximum atomic E-state index is 13.2. The molecule has 2 amide bonds. The van der Waals surface area contributed by atoms with Crippen molar-refractivity contribution >= 4 is 28.7 Å². The highest BCUT2D eigenvalue weighted by atomic mass is 16.4. The van der Waals surface area contributed by atoms with Gasteiger partial charge in [-0.3, -0.25) is 14.4 Å². The largest absolute Gasteiger partial charge is 0.434 e. The average molecular weight is 445 g/mol. The lowest BCUT2D eigenvalue weighted by atomic mass is 9.98. The van der Waals surface area contributed by atoms with Gasteiger partial charge in [0, 0.05) is 6.54 Å². The zero-order valence-electron chi connectivity index (χ0n) is 19.0. The summed E-state index contributed by atoms with van der Waals surface area (Å²) in [5.41, 5.74) is 7.56. The Hall–Kier alpha value is -2.78. The highest BCUT2D eigenvalue weighted by molar-refractivity contribution is 6.01. The second-order valence-electron chi connectivity index (χ2n) is 9.03. The molecule has 32 heavy (non-hydrogen) atoms. The predicted molar refractivity (Wildman–Crippen MR) is 119 cm³/mol. The van der Waals surface area contributed by atoms with Crippen LogP contribution in [0.25, 0.3) is 11.1 Å². The van der Waals surface area contributed by atoms with E-state index in [0.717, 1.165) is 0 Å². The Balaban J connectivity index is 1.78. The summed E-state index contributed by atoms with van der Waals surface area (Å²) in [6.07, 6.45) is 1.22. The summed E-state index contributed by atoms with van der Waals surface area (Å²) >= 11 is 0. The highest BCUT2D eigenvalue weighted by Gasteiger charge is 2.39. The zero-order valence-corrected chi connectivity index (χ0v) is 19.0. The molecule has 1 saturated heterocycles. The smallest absolute Gasteiger partial charge is 0.266 e. The molecule has 0 unspecified atom stereocenters.